The number of carbonyl (C=O) groups excluding carboxylic acids is 1. The predicted molar refractivity (Wildman–Crippen MR) is 69.5 cm³/mol. The van der Waals surface area contributed by atoms with Crippen LogP contribution in [0.1, 0.15) is 21.7 Å². The fourth-order valence-electron chi connectivity index (χ4n) is 1.55. The minimum atomic E-state index is -0.259. The van der Waals surface area contributed by atoms with Crippen molar-refractivity contribution in [3.8, 4) is 0 Å². The Labute approximate surface area is 105 Å². The number of rotatable bonds is 4. The van der Waals surface area contributed by atoms with E-state index in [-0.39, 0.29) is 5.91 Å². The molecule has 92 valence electrons. The summed E-state index contributed by atoms with van der Waals surface area (Å²) in [5, 5.41) is 3.90. The van der Waals surface area contributed by atoms with Crippen LogP contribution in [0, 0.1) is 6.92 Å². The molecule has 1 N–H and O–H groups in total. The SMILES string of the molecule is Cc1occc1C(=O)N/N=C/Cc1ccccc1. The molecule has 0 unspecified atom stereocenters. The lowest BCUT2D eigenvalue weighted by molar-refractivity contribution is 0.0953. The van der Waals surface area contributed by atoms with Crippen LogP contribution in [-0.4, -0.2) is 12.1 Å². The first-order valence-corrected chi connectivity index (χ1v) is 5.67. The number of hydrazone groups is 1. The minimum absolute atomic E-state index is 0.259. The van der Waals surface area contributed by atoms with Gasteiger partial charge in [0.25, 0.3) is 5.91 Å². The first-order chi connectivity index (χ1) is 8.77. The van der Waals surface area contributed by atoms with Gasteiger partial charge in [0.15, 0.2) is 0 Å². The van der Waals surface area contributed by atoms with Gasteiger partial charge in [0, 0.05) is 12.6 Å². The van der Waals surface area contributed by atoms with Crippen molar-refractivity contribution >= 4 is 12.1 Å². The molecule has 0 aliphatic heterocycles. The highest BCUT2D eigenvalue weighted by Gasteiger charge is 2.09. The van der Waals surface area contributed by atoms with Gasteiger partial charge in [0.2, 0.25) is 0 Å². The monoisotopic (exact) mass is 242 g/mol. The summed E-state index contributed by atoms with van der Waals surface area (Å²) < 4.78 is 5.05. The zero-order chi connectivity index (χ0) is 12.8. The molecule has 0 spiro atoms. The lowest BCUT2D eigenvalue weighted by Crippen LogP contribution is -2.17. The topological polar surface area (TPSA) is 54.6 Å². The second-order valence-corrected chi connectivity index (χ2v) is 3.83. The number of benzene rings is 1. The molecule has 4 nitrogen and oxygen atoms in total. The van der Waals surface area contributed by atoms with Gasteiger partial charge in [-0.25, -0.2) is 5.43 Å². The molecular weight excluding hydrogens is 228 g/mol. The van der Waals surface area contributed by atoms with Crippen LogP contribution < -0.4 is 5.43 Å². The summed E-state index contributed by atoms with van der Waals surface area (Å²) >= 11 is 0. The third-order valence-corrected chi connectivity index (χ3v) is 2.53. The standard InChI is InChI=1S/C14H14N2O2/c1-11-13(8-10-18-11)14(17)16-15-9-7-12-5-3-2-4-6-12/h2-6,8-10H,7H2,1H3,(H,16,17)/b15-9+. The number of amides is 1. The van der Waals surface area contributed by atoms with E-state index in [1.165, 1.54) is 6.26 Å². The Morgan fingerprint density at radius 3 is 2.78 bits per heavy atom. The lowest BCUT2D eigenvalue weighted by Gasteiger charge is -1.97. The molecule has 1 aromatic heterocycles. The van der Waals surface area contributed by atoms with Crippen LogP contribution in [0.15, 0.2) is 52.2 Å². The van der Waals surface area contributed by atoms with Crippen LogP contribution in [0.5, 0.6) is 0 Å². The average Bonchev–Trinajstić information content (AvgIpc) is 2.82. The molecule has 0 fully saturated rings. The van der Waals surface area contributed by atoms with Gasteiger partial charge in [-0.1, -0.05) is 30.3 Å². The van der Waals surface area contributed by atoms with Gasteiger partial charge in [0.1, 0.15) is 5.76 Å². The number of nitrogens with one attached hydrogen (secondary N) is 1. The smallest absolute Gasteiger partial charge is 0.274 e. The summed E-state index contributed by atoms with van der Waals surface area (Å²) in [6.45, 7) is 1.74. The Kier molecular flexibility index (Phi) is 3.91. The largest absolute Gasteiger partial charge is 0.469 e. The Morgan fingerprint density at radius 2 is 2.11 bits per heavy atom. The molecule has 0 radical (unpaired) electrons. The second kappa shape index (κ2) is 5.82. The van der Waals surface area contributed by atoms with Gasteiger partial charge in [-0.05, 0) is 18.6 Å². The summed E-state index contributed by atoms with van der Waals surface area (Å²) in [4.78, 5) is 11.7. The van der Waals surface area contributed by atoms with Gasteiger partial charge >= 0.3 is 0 Å². The molecule has 0 atom stereocenters. The molecule has 1 heterocycles. The molecule has 0 saturated heterocycles. The molecule has 0 aliphatic carbocycles. The number of carbonyl (C=O) groups is 1. The van der Waals surface area contributed by atoms with E-state index < -0.39 is 0 Å². The van der Waals surface area contributed by atoms with E-state index in [2.05, 4.69) is 10.5 Å². The maximum atomic E-state index is 11.7. The van der Waals surface area contributed by atoms with Gasteiger partial charge in [-0.3, -0.25) is 4.79 Å². The van der Waals surface area contributed by atoms with Crippen molar-refractivity contribution in [2.45, 2.75) is 13.3 Å². The molecule has 1 aromatic carbocycles. The lowest BCUT2D eigenvalue weighted by atomic mass is 10.2. The summed E-state index contributed by atoms with van der Waals surface area (Å²) in [5.41, 5.74) is 4.12. The van der Waals surface area contributed by atoms with Gasteiger partial charge in [-0.15, -0.1) is 0 Å². The van der Waals surface area contributed by atoms with Crippen molar-refractivity contribution in [3.63, 3.8) is 0 Å². The molecule has 2 aromatic rings. The summed E-state index contributed by atoms with van der Waals surface area (Å²) in [6, 6.07) is 11.5. The van der Waals surface area contributed by atoms with E-state index in [9.17, 15) is 4.79 Å². The predicted octanol–water partition coefficient (Wildman–Crippen LogP) is 2.55. The van der Waals surface area contributed by atoms with Crippen LogP contribution >= 0.6 is 0 Å². The van der Waals surface area contributed by atoms with Crippen LogP contribution in [0.2, 0.25) is 0 Å². The van der Waals surface area contributed by atoms with Gasteiger partial charge in [-0.2, -0.15) is 5.10 Å². The van der Waals surface area contributed by atoms with E-state index in [0.29, 0.717) is 17.7 Å². The van der Waals surface area contributed by atoms with E-state index in [4.69, 9.17) is 4.42 Å². The van der Waals surface area contributed by atoms with Crippen molar-refractivity contribution in [2.24, 2.45) is 5.10 Å². The van der Waals surface area contributed by atoms with E-state index >= 15 is 0 Å². The number of furan rings is 1. The first-order valence-electron chi connectivity index (χ1n) is 5.67. The molecule has 0 saturated carbocycles. The minimum Gasteiger partial charge on any atom is -0.469 e. The molecule has 0 bridgehead atoms. The summed E-state index contributed by atoms with van der Waals surface area (Å²) in [6.07, 6.45) is 3.84. The Morgan fingerprint density at radius 1 is 1.33 bits per heavy atom. The maximum Gasteiger partial charge on any atom is 0.274 e. The van der Waals surface area contributed by atoms with Crippen LogP contribution in [0.3, 0.4) is 0 Å². The maximum absolute atomic E-state index is 11.7. The molecule has 18 heavy (non-hydrogen) atoms. The highest BCUT2D eigenvalue weighted by Crippen LogP contribution is 2.07. The van der Waals surface area contributed by atoms with Crippen LogP contribution in [-0.2, 0) is 6.42 Å². The third kappa shape index (κ3) is 3.07. The fourth-order valence-corrected chi connectivity index (χ4v) is 1.55. The fraction of sp³-hybridized carbons (Fsp3) is 0.143. The van der Waals surface area contributed by atoms with Crippen molar-refractivity contribution in [1.29, 1.82) is 0 Å². The second-order valence-electron chi connectivity index (χ2n) is 3.83. The molecule has 2 rings (SSSR count). The molecule has 4 heteroatoms. The third-order valence-electron chi connectivity index (χ3n) is 2.53. The normalized spacial score (nSPS) is 10.7. The van der Waals surface area contributed by atoms with Crippen LogP contribution in [0.4, 0.5) is 0 Å². The highest BCUT2D eigenvalue weighted by molar-refractivity contribution is 5.95. The number of aryl methyl sites for hydroxylation is 1. The number of nitrogens with zero attached hydrogens (tertiary/aromatic N) is 1. The zero-order valence-corrected chi connectivity index (χ0v) is 10.1. The van der Waals surface area contributed by atoms with E-state index in [0.717, 1.165) is 5.56 Å². The van der Waals surface area contributed by atoms with Gasteiger partial charge in [0.05, 0.1) is 11.8 Å². The van der Waals surface area contributed by atoms with Crippen molar-refractivity contribution in [1.82, 2.24) is 5.43 Å². The summed E-state index contributed by atoms with van der Waals surface area (Å²) in [7, 11) is 0. The Hall–Kier alpha value is -2.36. The van der Waals surface area contributed by atoms with Crippen LogP contribution in [0.25, 0.3) is 0 Å². The van der Waals surface area contributed by atoms with Crippen molar-refractivity contribution in [3.05, 3.63) is 59.5 Å². The molecular formula is C14H14N2O2. The molecule has 0 aliphatic rings. The highest BCUT2D eigenvalue weighted by atomic mass is 16.3. The van der Waals surface area contributed by atoms with E-state index in [1.807, 2.05) is 30.3 Å². The molecule has 1 amide bonds. The van der Waals surface area contributed by atoms with Crippen molar-refractivity contribution in [2.75, 3.05) is 0 Å². The Bertz CT molecular complexity index is 544. The average molecular weight is 242 g/mol. The Balaban J connectivity index is 1.85. The first kappa shape index (κ1) is 12.1. The van der Waals surface area contributed by atoms with Gasteiger partial charge < -0.3 is 4.42 Å². The summed E-state index contributed by atoms with van der Waals surface area (Å²) in [5.74, 6) is 0.330. The van der Waals surface area contributed by atoms with Crippen molar-refractivity contribution < 1.29 is 9.21 Å². The van der Waals surface area contributed by atoms with E-state index in [1.54, 1.807) is 19.2 Å². The zero-order valence-electron chi connectivity index (χ0n) is 10.1. The quantitative estimate of drug-likeness (QED) is 0.661. The number of hydrogen-bond acceptors (Lipinski definition) is 3. The number of hydrogen-bond donors (Lipinski definition) is 1.